The van der Waals surface area contributed by atoms with E-state index in [4.69, 9.17) is 5.73 Å². The lowest BCUT2D eigenvalue weighted by Gasteiger charge is -2.22. The fraction of sp³-hybridized carbons (Fsp3) is 0.412. The molecule has 2 N–H and O–H groups in total. The number of hydrogen-bond acceptors (Lipinski definition) is 4. The summed E-state index contributed by atoms with van der Waals surface area (Å²) in [7, 11) is 0. The predicted octanol–water partition coefficient (Wildman–Crippen LogP) is 4.16. The van der Waals surface area contributed by atoms with Gasteiger partial charge in [-0.25, -0.2) is 4.98 Å². The van der Waals surface area contributed by atoms with Crippen molar-refractivity contribution in [3.63, 3.8) is 0 Å². The Morgan fingerprint density at radius 2 is 2.20 bits per heavy atom. The third kappa shape index (κ3) is 5.41. The summed E-state index contributed by atoms with van der Waals surface area (Å²) in [6, 6.07) is 8.05. The van der Waals surface area contributed by atoms with Crippen LogP contribution in [0.1, 0.15) is 19.0 Å². The highest BCUT2D eigenvalue weighted by Crippen LogP contribution is 2.30. The second-order valence-corrected chi connectivity index (χ2v) is 8.18. The van der Waals surface area contributed by atoms with Crippen LogP contribution in [0.5, 0.6) is 0 Å². The Balaban J connectivity index is 0.00000156. The zero-order chi connectivity index (χ0) is 16.4. The van der Waals surface area contributed by atoms with E-state index in [1.807, 2.05) is 34.5 Å². The van der Waals surface area contributed by atoms with Gasteiger partial charge >= 0.3 is 0 Å². The van der Waals surface area contributed by atoms with Gasteiger partial charge in [0.05, 0.1) is 12.1 Å². The van der Waals surface area contributed by atoms with Crippen molar-refractivity contribution in [1.82, 2.24) is 9.88 Å². The minimum Gasteiger partial charge on any atom is -0.342 e. The lowest BCUT2D eigenvalue weighted by atomic mass is 9.90. The molecule has 1 atom stereocenters. The first kappa shape index (κ1) is 22.4. The molecule has 138 valence electrons. The van der Waals surface area contributed by atoms with Crippen molar-refractivity contribution in [3.8, 4) is 10.6 Å². The molecular formula is C17H22BrCl2N3OS. The highest BCUT2D eigenvalue weighted by molar-refractivity contribution is 9.10. The summed E-state index contributed by atoms with van der Waals surface area (Å²) < 4.78 is 1.03. The molecule has 0 saturated carbocycles. The quantitative estimate of drug-likeness (QED) is 0.735. The molecule has 1 amide bonds. The number of benzene rings is 1. The van der Waals surface area contributed by atoms with E-state index in [1.165, 1.54) is 0 Å². The number of aromatic nitrogens is 1. The molecule has 0 aliphatic carbocycles. The first-order valence-corrected chi connectivity index (χ1v) is 9.34. The Hall–Kier alpha value is -0.660. The normalized spacial score (nSPS) is 19.2. The van der Waals surface area contributed by atoms with Crippen molar-refractivity contribution in [3.05, 3.63) is 39.8 Å². The third-order valence-corrected chi connectivity index (χ3v) is 5.79. The fourth-order valence-corrected chi connectivity index (χ4v) is 4.03. The van der Waals surface area contributed by atoms with Gasteiger partial charge in [-0.1, -0.05) is 35.0 Å². The molecular weight excluding hydrogens is 445 g/mol. The second-order valence-electron chi connectivity index (χ2n) is 6.41. The Morgan fingerprint density at radius 3 is 2.84 bits per heavy atom. The standard InChI is InChI=1S/C17H20BrN3OS.2ClH/c1-17(10-19)5-6-21(11-17)15(22)8-14-9-23-16(20-14)12-3-2-4-13(18)7-12;;/h2-4,7,9H,5-6,8,10-11,19H2,1H3;2*1H. The minimum absolute atomic E-state index is 0. The summed E-state index contributed by atoms with van der Waals surface area (Å²) in [5, 5.41) is 2.93. The first-order valence-electron chi connectivity index (χ1n) is 7.67. The van der Waals surface area contributed by atoms with E-state index in [2.05, 4.69) is 27.8 Å². The van der Waals surface area contributed by atoms with Crippen LogP contribution in [0, 0.1) is 5.41 Å². The van der Waals surface area contributed by atoms with Gasteiger partial charge < -0.3 is 10.6 Å². The number of thiazole rings is 1. The molecule has 25 heavy (non-hydrogen) atoms. The van der Waals surface area contributed by atoms with E-state index in [1.54, 1.807) is 11.3 Å². The average Bonchev–Trinajstić information content (AvgIpc) is 3.15. The third-order valence-electron chi connectivity index (χ3n) is 4.36. The van der Waals surface area contributed by atoms with E-state index in [0.29, 0.717) is 13.0 Å². The lowest BCUT2D eigenvalue weighted by Crippen LogP contribution is -2.35. The molecule has 1 unspecified atom stereocenters. The number of rotatable bonds is 4. The van der Waals surface area contributed by atoms with Crippen molar-refractivity contribution in [2.45, 2.75) is 19.8 Å². The van der Waals surface area contributed by atoms with E-state index < -0.39 is 0 Å². The SMILES string of the molecule is CC1(CN)CCN(C(=O)Cc2csc(-c3cccc(Br)c3)n2)C1.Cl.Cl. The number of nitrogens with zero attached hydrogens (tertiary/aromatic N) is 2. The summed E-state index contributed by atoms with van der Waals surface area (Å²) >= 11 is 5.05. The Bertz CT molecular complexity index is 727. The number of likely N-dealkylation sites (tertiary alicyclic amines) is 1. The highest BCUT2D eigenvalue weighted by Gasteiger charge is 2.34. The minimum atomic E-state index is 0. The molecule has 1 saturated heterocycles. The van der Waals surface area contributed by atoms with Gasteiger partial charge in [-0.3, -0.25) is 4.79 Å². The van der Waals surface area contributed by atoms with Crippen LogP contribution in [0.3, 0.4) is 0 Å². The van der Waals surface area contributed by atoms with Gasteiger partial charge in [0.15, 0.2) is 0 Å². The second kappa shape index (κ2) is 9.33. The highest BCUT2D eigenvalue weighted by atomic mass is 79.9. The molecule has 4 nitrogen and oxygen atoms in total. The molecule has 1 fully saturated rings. The van der Waals surface area contributed by atoms with Crippen molar-refractivity contribution in [2.24, 2.45) is 11.1 Å². The maximum atomic E-state index is 12.5. The van der Waals surface area contributed by atoms with Crippen molar-refractivity contribution in [1.29, 1.82) is 0 Å². The van der Waals surface area contributed by atoms with Gasteiger partial charge in [0, 0.05) is 28.5 Å². The van der Waals surface area contributed by atoms with Crippen molar-refractivity contribution >= 4 is 58.0 Å². The van der Waals surface area contributed by atoms with Crippen LogP contribution in [0.15, 0.2) is 34.1 Å². The monoisotopic (exact) mass is 465 g/mol. The Kier molecular flexibility index (Phi) is 8.35. The van der Waals surface area contributed by atoms with Crippen LogP contribution in [0.2, 0.25) is 0 Å². The first-order chi connectivity index (χ1) is 11.0. The van der Waals surface area contributed by atoms with Crippen LogP contribution in [0.25, 0.3) is 10.6 Å². The van der Waals surface area contributed by atoms with Crippen molar-refractivity contribution < 1.29 is 4.79 Å². The van der Waals surface area contributed by atoms with Crippen molar-refractivity contribution in [2.75, 3.05) is 19.6 Å². The summed E-state index contributed by atoms with van der Waals surface area (Å²) in [4.78, 5) is 19.0. The largest absolute Gasteiger partial charge is 0.342 e. The van der Waals surface area contributed by atoms with E-state index in [9.17, 15) is 4.79 Å². The smallest absolute Gasteiger partial charge is 0.228 e. The molecule has 8 heteroatoms. The number of nitrogens with two attached hydrogens (primary N) is 1. The molecule has 1 aromatic carbocycles. The molecule has 0 spiro atoms. The number of carbonyl (C=O) groups is 1. The van der Waals surface area contributed by atoms with E-state index in [0.717, 1.165) is 40.2 Å². The lowest BCUT2D eigenvalue weighted by molar-refractivity contribution is -0.129. The average molecular weight is 467 g/mol. The molecule has 3 rings (SSSR count). The van der Waals surface area contributed by atoms with E-state index in [-0.39, 0.29) is 36.1 Å². The van der Waals surface area contributed by atoms with Gasteiger partial charge in [-0.15, -0.1) is 36.2 Å². The molecule has 1 aliphatic rings. The maximum Gasteiger partial charge on any atom is 0.228 e. The van der Waals surface area contributed by atoms with Gasteiger partial charge in [0.1, 0.15) is 5.01 Å². The summed E-state index contributed by atoms with van der Waals surface area (Å²) in [6.45, 7) is 4.33. The number of halogens is 3. The van der Waals surface area contributed by atoms with Gasteiger partial charge in [0.25, 0.3) is 0 Å². The summed E-state index contributed by atoms with van der Waals surface area (Å²) in [5.74, 6) is 0.147. The Morgan fingerprint density at radius 1 is 1.44 bits per heavy atom. The maximum absolute atomic E-state index is 12.5. The molecule has 2 heterocycles. The van der Waals surface area contributed by atoms with Gasteiger partial charge in [0.2, 0.25) is 5.91 Å². The number of amides is 1. The van der Waals surface area contributed by atoms with Gasteiger partial charge in [-0.05, 0) is 30.5 Å². The van der Waals surface area contributed by atoms with Crippen LogP contribution < -0.4 is 5.73 Å². The number of hydrogen-bond donors (Lipinski definition) is 1. The van der Waals surface area contributed by atoms with Crippen LogP contribution in [-0.2, 0) is 11.2 Å². The predicted molar refractivity (Wildman–Crippen MR) is 112 cm³/mol. The van der Waals surface area contributed by atoms with Crippen LogP contribution in [-0.4, -0.2) is 35.4 Å². The summed E-state index contributed by atoms with van der Waals surface area (Å²) in [5.41, 5.74) is 7.79. The number of carbonyl (C=O) groups excluding carboxylic acids is 1. The van der Waals surface area contributed by atoms with Gasteiger partial charge in [-0.2, -0.15) is 0 Å². The molecule has 0 bridgehead atoms. The zero-order valence-electron chi connectivity index (χ0n) is 13.9. The van der Waals surface area contributed by atoms with Crippen LogP contribution >= 0.6 is 52.1 Å². The van der Waals surface area contributed by atoms with E-state index >= 15 is 0 Å². The molecule has 2 aromatic rings. The van der Waals surface area contributed by atoms with Crippen LogP contribution in [0.4, 0.5) is 0 Å². The topological polar surface area (TPSA) is 59.2 Å². The zero-order valence-corrected chi connectivity index (χ0v) is 17.9. The Labute approximate surface area is 173 Å². The summed E-state index contributed by atoms with van der Waals surface area (Å²) in [6.07, 6.45) is 1.35. The molecule has 1 aromatic heterocycles. The molecule has 1 aliphatic heterocycles. The fourth-order valence-electron chi connectivity index (χ4n) is 2.81. The molecule has 0 radical (unpaired) electrons.